The largest absolute Gasteiger partial charge is 0.490 e. The van der Waals surface area contributed by atoms with Crippen LogP contribution in [0, 0.1) is 12.8 Å². The predicted octanol–water partition coefficient (Wildman–Crippen LogP) is 9.20. The number of benzene rings is 4. The molecule has 2 aliphatic rings. The van der Waals surface area contributed by atoms with Gasteiger partial charge in [-0.05, 0) is 85.3 Å². The van der Waals surface area contributed by atoms with Crippen LogP contribution in [0.15, 0.2) is 102 Å². The molecule has 3 atom stereocenters. The van der Waals surface area contributed by atoms with E-state index in [0.717, 1.165) is 23.2 Å². The minimum absolute atomic E-state index is 0.278. The quantitative estimate of drug-likeness (QED) is 0.176. The number of ether oxygens (including phenoxy) is 2. The maximum absolute atomic E-state index is 6.28. The summed E-state index contributed by atoms with van der Waals surface area (Å²) in [4.78, 5) is 4.74. The lowest BCUT2D eigenvalue weighted by Crippen LogP contribution is -2.29. The number of rotatable bonds is 8. The summed E-state index contributed by atoms with van der Waals surface area (Å²) in [6.07, 6.45) is 7.68. The van der Waals surface area contributed by atoms with Gasteiger partial charge >= 0.3 is 0 Å². The summed E-state index contributed by atoms with van der Waals surface area (Å²) >= 11 is 6.28. The van der Waals surface area contributed by atoms with Crippen molar-refractivity contribution in [3.8, 4) is 11.5 Å². The Morgan fingerprint density at radius 2 is 1.80 bits per heavy atom. The highest BCUT2D eigenvalue weighted by Crippen LogP contribution is 2.50. The molecule has 0 spiro atoms. The Balaban J connectivity index is 1.16. The second kappa shape index (κ2) is 11.6. The fraction of sp³-hybridized carbons (Fsp3) is 0.229. The van der Waals surface area contributed by atoms with Crippen LogP contribution in [-0.2, 0) is 6.61 Å². The van der Waals surface area contributed by atoms with E-state index >= 15 is 0 Å². The number of fused-ring (bicyclic) bond motifs is 3. The van der Waals surface area contributed by atoms with Gasteiger partial charge in [0.1, 0.15) is 6.61 Å². The lowest BCUT2D eigenvalue weighted by atomic mass is 9.76. The molecule has 0 radical (unpaired) electrons. The molecule has 40 heavy (non-hydrogen) atoms. The number of aryl methyl sites for hydroxylation is 1. The van der Waals surface area contributed by atoms with E-state index in [1.54, 1.807) is 0 Å². The van der Waals surface area contributed by atoms with Crippen molar-refractivity contribution in [2.24, 2.45) is 10.9 Å². The highest BCUT2D eigenvalue weighted by Gasteiger charge is 2.37. The molecular formula is C35H33ClN2O2. The van der Waals surface area contributed by atoms with E-state index in [9.17, 15) is 0 Å². The minimum atomic E-state index is 0.278. The van der Waals surface area contributed by atoms with Crippen molar-refractivity contribution in [2.45, 2.75) is 38.8 Å². The topological polar surface area (TPSA) is 42.8 Å². The van der Waals surface area contributed by atoms with Crippen molar-refractivity contribution in [1.82, 2.24) is 0 Å². The second-order valence-corrected chi connectivity index (χ2v) is 10.8. The first-order valence-electron chi connectivity index (χ1n) is 13.9. The van der Waals surface area contributed by atoms with Crippen molar-refractivity contribution in [3.05, 3.63) is 130 Å². The molecule has 4 aromatic rings. The number of hydrogen-bond donors (Lipinski definition) is 1. The van der Waals surface area contributed by atoms with Gasteiger partial charge < -0.3 is 14.8 Å². The summed E-state index contributed by atoms with van der Waals surface area (Å²) in [6.45, 7) is 5.05. The lowest BCUT2D eigenvalue weighted by molar-refractivity contribution is 0.269. The molecular weight excluding hydrogens is 516 g/mol. The van der Waals surface area contributed by atoms with Crippen LogP contribution in [0.2, 0.25) is 5.02 Å². The Morgan fingerprint density at radius 1 is 0.950 bits per heavy atom. The van der Waals surface area contributed by atoms with Crippen LogP contribution in [0.5, 0.6) is 11.5 Å². The molecule has 0 saturated carbocycles. The molecule has 0 amide bonds. The smallest absolute Gasteiger partial charge is 0.161 e. The summed E-state index contributed by atoms with van der Waals surface area (Å²) in [7, 11) is 0. The van der Waals surface area contributed by atoms with E-state index < -0.39 is 0 Å². The highest BCUT2D eigenvalue weighted by atomic mass is 35.5. The third-order valence-corrected chi connectivity index (χ3v) is 8.11. The monoisotopic (exact) mass is 548 g/mol. The van der Waals surface area contributed by atoms with Gasteiger partial charge in [-0.1, -0.05) is 71.8 Å². The molecule has 4 aromatic carbocycles. The van der Waals surface area contributed by atoms with Crippen molar-refractivity contribution in [3.63, 3.8) is 0 Å². The number of hydrogen-bond acceptors (Lipinski definition) is 4. The van der Waals surface area contributed by atoms with Gasteiger partial charge in [0.2, 0.25) is 0 Å². The predicted molar refractivity (Wildman–Crippen MR) is 165 cm³/mol. The molecule has 0 bridgehead atoms. The maximum Gasteiger partial charge on any atom is 0.161 e. The van der Waals surface area contributed by atoms with Crippen molar-refractivity contribution in [1.29, 1.82) is 0 Å². The molecule has 0 unspecified atom stereocenters. The Kier molecular flexibility index (Phi) is 7.61. The molecule has 0 fully saturated rings. The molecule has 4 nitrogen and oxygen atoms in total. The van der Waals surface area contributed by atoms with Gasteiger partial charge in [-0.15, -0.1) is 0 Å². The molecule has 1 aliphatic heterocycles. The molecule has 0 saturated heterocycles. The maximum atomic E-state index is 6.28. The van der Waals surface area contributed by atoms with Gasteiger partial charge in [-0.25, -0.2) is 0 Å². The fourth-order valence-electron chi connectivity index (χ4n) is 5.72. The average molecular weight is 549 g/mol. The summed E-state index contributed by atoms with van der Waals surface area (Å²) in [5.41, 5.74) is 8.06. The summed E-state index contributed by atoms with van der Waals surface area (Å²) in [5, 5.41) is 4.51. The van der Waals surface area contributed by atoms with Crippen LogP contribution < -0.4 is 14.8 Å². The van der Waals surface area contributed by atoms with Gasteiger partial charge in [0.15, 0.2) is 11.5 Å². The number of nitrogens with zero attached hydrogens (tertiary/aromatic N) is 1. The van der Waals surface area contributed by atoms with E-state index in [2.05, 4.69) is 66.9 Å². The van der Waals surface area contributed by atoms with Crippen LogP contribution in [0.3, 0.4) is 0 Å². The molecule has 202 valence electrons. The zero-order valence-corrected chi connectivity index (χ0v) is 23.6. The van der Waals surface area contributed by atoms with Gasteiger partial charge in [0.25, 0.3) is 0 Å². The number of halogens is 1. The first kappa shape index (κ1) is 26.2. The van der Waals surface area contributed by atoms with E-state index in [0.29, 0.717) is 41.6 Å². The Hall–Kier alpha value is -4.02. The van der Waals surface area contributed by atoms with Crippen LogP contribution in [0.25, 0.3) is 0 Å². The van der Waals surface area contributed by atoms with Gasteiger partial charge in [0.05, 0.1) is 18.3 Å². The van der Waals surface area contributed by atoms with Gasteiger partial charge in [-0.3, -0.25) is 4.99 Å². The minimum Gasteiger partial charge on any atom is -0.490 e. The molecule has 5 heteroatoms. The molecule has 1 aliphatic carbocycles. The first-order valence-corrected chi connectivity index (χ1v) is 14.3. The van der Waals surface area contributed by atoms with Crippen molar-refractivity contribution < 1.29 is 9.47 Å². The standard InChI is InChI=1S/C35H33ClN2O2/c1-3-39-34-20-24(12-18-33(34)40-22-26-7-4-5-10-31(26)36)21-37-27-15-13-25(14-16-27)35-29-9-6-8-28(29)30-19-23(2)11-17-32(30)38-35/h4-8,10-21,28-29,35,38H,3,9,22H2,1-2H3/t28-,29+,35-/m0/s1. The number of anilines is 1. The number of nitrogens with one attached hydrogen (secondary N) is 1. The van der Waals surface area contributed by atoms with Crippen molar-refractivity contribution >= 4 is 29.2 Å². The zero-order chi connectivity index (χ0) is 27.5. The van der Waals surface area contributed by atoms with Gasteiger partial charge in [0, 0.05) is 28.4 Å². The number of allylic oxidation sites excluding steroid dienone is 2. The van der Waals surface area contributed by atoms with E-state index in [1.807, 2.05) is 55.6 Å². The van der Waals surface area contributed by atoms with E-state index in [4.69, 9.17) is 26.1 Å². The Morgan fingerprint density at radius 3 is 2.62 bits per heavy atom. The highest BCUT2D eigenvalue weighted by molar-refractivity contribution is 6.31. The molecule has 1 heterocycles. The molecule has 1 N–H and O–H groups in total. The van der Waals surface area contributed by atoms with Crippen LogP contribution in [0.1, 0.15) is 53.1 Å². The van der Waals surface area contributed by atoms with Crippen LogP contribution >= 0.6 is 11.6 Å². The molecule has 0 aromatic heterocycles. The van der Waals surface area contributed by atoms with Crippen LogP contribution in [0.4, 0.5) is 11.4 Å². The van der Waals surface area contributed by atoms with Crippen molar-refractivity contribution in [2.75, 3.05) is 11.9 Å². The normalized spacial score (nSPS) is 19.2. The van der Waals surface area contributed by atoms with Gasteiger partial charge in [-0.2, -0.15) is 0 Å². The zero-order valence-electron chi connectivity index (χ0n) is 22.8. The summed E-state index contributed by atoms with van der Waals surface area (Å²) in [6, 6.07) is 29.2. The fourth-order valence-corrected chi connectivity index (χ4v) is 5.91. The third kappa shape index (κ3) is 5.50. The Labute approximate surface area is 241 Å². The second-order valence-electron chi connectivity index (χ2n) is 10.4. The Bertz CT molecular complexity index is 1560. The summed E-state index contributed by atoms with van der Waals surface area (Å²) in [5.74, 6) is 2.36. The van der Waals surface area contributed by atoms with E-state index in [1.165, 1.54) is 22.4 Å². The number of aliphatic imine (C=N–C) groups is 1. The van der Waals surface area contributed by atoms with Crippen LogP contribution in [-0.4, -0.2) is 12.8 Å². The first-order chi connectivity index (χ1) is 19.6. The third-order valence-electron chi connectivity index (χ3n) is 7.74. The summed E-state index contributed by atoms with van der Waals surface area (Å²) < 4.78 is 11.9. The molecule has 6 rings (SSSR count). The SMILES string of the molecule is CCOc1cc(C=Nc2ccc([C@@H]3Nc4ccc(C)cc4[C@H]4C=CC[C@H]43)cc2)ccc1OCc1ccccc1Cl. The van der Waals surface area contributed by atoms with E-state index in [-0.39, 0.29) is 6.04 Å². The average Bonchev–Trinajstić information content (AvgIpc) is 3.47. The lowest BCUT2D eigenvalue weighted by Gasteiger charge is -2.37.